The molecule has 1 aromatic heterocycles. The number of guanidine groups is 1. The summed E-state index contributed by atoms with van der Waals surface area (Å²) in [5.41, 5.74) is 12.3. The van der Waals surface area contributed by atoms with Gasteiger partial charge in [-0.1, -0.05) is 23.7 Å². The van der Waals surface area contributed by atoms with Crippen LogP contribution in [-0.4, -0.2) is 59.0 Å². The molecule has 3 heterocycles. The molecule has 0 bridgehead atoms. The second-order valence-corrected chi connectivity index (χ2v) is 8.14. The van der Waals surface area contributed by atoms with Crippen molar-refractivity contribution in [2.75, 3.05) is 38.2 Å². The molecule has 6 N–H and O–H groups in total. The predicted octanol–water partition coefficient (Wildman–Crippen LogP) is 1.03. The number of aliphatic imine (C=N–C) groups is 1. The molecule has 10 nitrogen and oxygen atoms in total. The molecule has 2 aliphatic heterocycles. The van der Waals surface area contributed by atoms with Crippen LogP contribution in [0.3, 0.4) is 0 Å². The van der Waals surface area contributed by atoms with Crippen LogP contribution in [0.5, 0.6) is 5.75 Å². The number of rotatable bonds is 4. The van der Waals surface area contributed by atoms with Crippen LogP contribution in [0.4, 0.5) is 11.6 Å². The number of ether oxygens (including phenoxy) is 1. The summed E-state index contributed by atoms with van der Waals surface area (Å²) >= 11 is 5.86. The zero-order chi connectivity index (χ0) is 22.0. The van der Waals surface area contributed by atoms with E-state index >= 15 is 0 Å². The van der Waals surface area contributed by atoms with Gasteiger partial charge in [0.05, 0.1) is 19.2 Å². The van der Waals surface area contributed by atoms with E-state index in [1.165, 1.54) is 5.56 Å². The van der Waals surface area contributed by atoms with Gasteiger partial charge in [0.2, 0.25) is 0 Å². The molecule has 1 fully saturated rings. The number of carbonyl (C=O) groups is 1. The maximum absolute atomic E-state index is 12.5. The van der Waals surface area contributed by atoms with Crippen LogP contribution in [0, 0.1) is 0 Å². The Morgan fingerprint density at radius 1 is 1.23 bits per heavy atom. The Balaban J connectivity index is 1.30. The molecule has 1 amide bonds. The first-order valence-electron chi connectivity index (χ1n) is 9.95. The Morgan fingerprint density at radius 2 is 1.94 bits per heavy atom. The lowest BCUT2D eigenvalue weighted by molar-refractivity contribution is 0.0970. The minimum atomic E-state index is -0.535. The van der Waals surface area contributed by atoms with E-state index < -0.39 is 5.91 Å². The fraction of sp³-hybridized carbons (Fsp3) is 0.400. The van der Waals surface area contributed by atoms with Gasteiger partial charge in [0.1, 0.15) is 5.75 Å². The van der Waals surface area contributed by atoms with E-state index in [9.17, 15) is 4.79 Å². The normalized spacial score (nSPS) is 17.8. The molecule has 1 saturated heterocycles. The minimum absolute atomic E-state index is 0.0209. The Hall–Kier alpha value is -3.11. The number of nitrogens with zero attached hydrogens (tertiary/aromatic N) is 4. The maximum atomic E-state index is 12.5. The van der Waals surface area contributed by atoms with Gasteiger partial charge in [0.25, 0.3) is 5.91 Å². The summed E-state index contributed by atoms with van der Waals surface area (Å²) in [6.07, 6.45) is 1.84. The van der Waals surface area contributed by atoms with Crippen molar-refractivity contribution in [1.29, 1.82) is 0 Å². The number of benzene rings is 1. The van der Waals surface area contributed by atoms with Gasteiger partial charge in [-0.2, -0.15) is 0 Å². The topological polar surface area (TPSA) is 144 Å². The highest BCUT2D eigenvalue weighted by Gasteiger charge is 2.39. The van der Waals surface area contributed by atoms with Crippen molar-refractivity contribution >= 4 is 35.1 Å². The number of nitrogen functional groups attached to an aromatic ring is 2. The van der Waals surface area contributed by atoms with Gasteiger partial charge in [0, 0.05) is 19.6 Å². The van der Waals surface area contributed by atoms with Crippen LogP contribution < -0.4 is 26.8 Å². The molecule has 31 heavy (non-hydrogen) atoms. The average molecular weight is 445 g/mol. The van der Waals surface area contributed by atoms with E-state index in [-0.39, 0.29) is 28.0 Å². The van der Waals surface area contributed by atoms with Crippen molar-refractivity contribution in [2.24, 2.45) is 4.99 Å². The number of likely N-dealkylation sites (tertiary alicyclic amines) is 1. The van der Waals surface area contributed by atoms with Crippen LogP contribution in [0.25, 0.3) is 0 Å². The number of hydrogen-bond donors (Lipinski definition) is 4. The number of halogens is 1. The van der Waals surface area contributed by atoms with Crippen molar-refractivity contribution in [1.82, 2.24) is 25.5 Å². The van der Waals surface area contributed by atoms with Gasteiger partial charge in [-0.25, -0.2) is 9.97 Å². The molecule has 2 aliphatic rings. The number of carbonyl (C=O) groups excluding carboxylic acids is 1. The zero-order valence-corrected chi connectivity index (χ0v) is 17.9. The van der Waals surface area contributed by atoms with Crippen molar-refractivity contribution in [2.45, 2.75) is 24.9 Å². The largest absolute Gasteiger partial charge is 0.497 e. The van der Waals surface area contributed by atoms with Crippen molar-refractivity contribution in [3.05, 3.63) is 40.7 Å². The Labute approximate surface area is 185 Å². The average Bonchev–Trinajstić information content (AvgIpc) is 3.15. The second kappa shape index (κ2) is 8.56. The molecule has 0 atom stereocenters. The highest BCUT2D eigenvalue weighted by atomic mass is 35.5. The first kappa shape index (κ1) is 21.1. The van der Waals surface area contributed by atoms with Gasteiger partial charge < -0.3 is 21.5 Å². The van der Waals surface area contributed by atoms with E-state index in [1.54, 1.807) is 7.11 Å². The van der Waals surface area contributed by atoms with Crippen LogP contribution in [0.2, 0.25) is 5.15 Å². The molecule has 0 saturated carbocycles. The third-order valence-corrected chi connectivity index (χ3v) is 5.93. The molecule has 0 aliphatic carbocycles. The predicted molar refractivity (Wildman–Crippen MR) is 119 cm³/mol. The highest BCUT2D eigenvalue weighted by molar-refractivity contribution is 6.31. The summed E-state index contributed by atoms with van der Waals surface area (Å²) in [4.78, 5) is 27.2. The molecule has 0 unspecified atom stereocenters. The Morgan fingerprint density at radius 3 is 2.61 bits per heavy atom. The van der Waals surface area contributed by atoms with E-state index in [0.29, 0.717) is 12.5 Å². The summed E-state index contributed by atoms with van der Waals surface area (Å²) < 4.78 is 5.21. The summed E-state index contributed by atoms with van der Waals surface area (Å²) in [6.45, 7) is 3.35. The van der Waals surface area contributed by atoms with E-state index in [1.807, 2.05) is 12.1 Å². The molecular formula is C20H25ClN8O2. The standard InChI is InChI=1S/C20H25ClN8O2/c1-31-13-4-2-12(3-5-13)10-29-8-6-20(7-9-29)11-24-19(28-20)27-18(30)14-16(22)26-17(23)15(21)25-14/h2-5H,6-11H2,1H3,(H4,22,23,26)(H2,24,27,28,30). The smallest absolute Gasteiger partial charge is 0.280 e. The number of amides is 1. The quantitative estimate of drug-likeness (QED) is 0.547. The molecule has 164 valence electrons. The van der Waals surface area contributed by atoms with Gasteiger partial charge in [-0.3, -0.25) is 20.0 Å². The first-order chi connectivity index (χ1) is 14.9. The number of aromatic nitrogens is 2. The number of piperidine rings is 1. The lowest BCUT2D eigenvalue weighted by Gasteiger charge is -2.39. The van der Waals surface area contributed by atoms with Crippen LogP contribution >= 0.6 is 11.6 Å². The molecular weight excluding hydrogens is 420 g/mol. The van der Waals surface area contributed by atoms with Gasteiger partial charge >= 0.3 is 0 Å². The molecule has 2 aromatic rings. The van der Waals surface area contributed by atoms with E-state index in [0.717, 1.165) is 38.2 Å². The molecule has 1 aromatic carbocycles. The highest BCUT2D eigenvalue weighted by Crippen LogP contribution is 2.27. The van der Waals surface area contributed by atoms with Crippen molar-refractivity contribution < 1.29 is 9.53 Å². The van der Waals surface area contributed by atoms with Crippen LogP contribution in [0.15, 0.2) is 29.3 Å². The van der Waals surface area contributed by atoms with Crippen LogP contribution in [-0.2, 0) is 6.54 Å². The molecule has 0 radical (unpaired) electrons. The van der Waals surface area contributed by atoms with Crippen molar-refractivity contribution in [3.8, 4) is 5.75 Å². The SMILES string of the molecule is COc1ccc(CN2CCC3(CC2)CN=C(NC(=O)c2nc(Cl)c(N)nc2N)N3)cc1. The molecule has 11 heteroatoms. The number of hydrogen-bond acceptors (Lipinski definition) is 9. The van der Waals surface area contributed by atoms with E-state index in [2.05, 4.69) is 42.6 Å². The molecule has 1 spiro atoms. The lowest BCUT2D eigenvalue weighted by Crippen LogP contribution is -2.56. The van der Waals surface area contributed by atoms with Gasteiger partial charge in [0.15, 0.2) is 28.4 Å². The Bertz CT molecular complexity index is 1000. The number of nitrogens with two attached hydrogens (primary N) is 2. The summed E-state index contributed by atoms with van der Waals surface area (Å²) in [5.74, 6) is 0.624. The van der Waals surface area contributed by atoms with Crippen molar-refractivity contribution in [3.63, 3.8) is 0 Å². The Kier molecular flexibility index (Phi) is 5.84. The monoisotopic (exact) mass is 444 g/mol. The maximum Gasteiger partial charge on any atom is 0.280 e. The fourth-order valence-corrected chi connectivity index (χ4v) is 3.94. The first-order valence-corrected chi connectivity index (χ1v) is 10.3. The van der Waals surface area contributed by atoms with Gasteiger partial charge in [-0.05, 0) is 30.5 Å². The lowest BCUT2D eigenvalue weighted by atomic mass is 9.88. The summed E-state index contributed by atoms with van der Waals surface area (Å²) in [5, 5.41) is 6.02. The second-order valence-electron chi connectivity index (χ2n) is 7.78. The third kappa shape index (κ3) is 4.64. The number of nitrogens with one attached hydrogen (secondary N) is 2. The van der Waals surface area contributed by atoms with Gasteiger partial charge in [-0.15, -0.1) is 0 Å². The molecule has 4 rings (SSSR count). The third-order valence-electron chi connectivity index (χ3n) is 5.65. The minimum Gasteiger partial charge on any atom is -0.497 e. The zero-order valence-electron chi connectivity index (χ0n) is 17.2. The van der Waals surface area contributed by atoms with Crippen LogP contribution in [0.1, 0.15) is 28.9 Å². The number of methoxy groups -OCH3 is 1. The summed E-state index contributed by atoms with van der Waals surface area (Å²) in [6, 6.07) is 8.14. The summed E-state index contributed by atoms with van der Waals surface area (Å²) in [7, 11) is 1.67. The fourth-order valence-electron chi connectivity index (χ4n) is 3.82. The number of anilines is 2. The van der Waals surface area contributed by atoms with E-state index in [4.69, 9.17) is 27.8 Å².